The molecule has 0 saturated carbocycles. The van der Waals surface area contributed by atoms with Gasteiger partial charge in [0.25, 0.3) is 0 Å². The van der Waals surface area contributed by atoms with Crippen molar-refractivity contribution in [1.29, 1.82) is 0 Å². The second-order valence-corrected chi connectivity index (χ2v) is 7.09. The molecule has 2 aromatic rings. The summed E-state index contributed by atoms with van der Waals surface area (Å²) in [5.74, 6) is 0.461. The van der Waals surface area contributed by atoms with Gasteiger partial charge in [-0.3, -0.25) is 0 Å². The smallest absolute Gasteiger partial charge is 0.0788 e. The van der Waals surface area contributed by atoms with Gasteiger partial charge >= 0.3 is 0 Å². The van der Waals surface area contributed by atoms with Crippen LogP contribution < -0.4 is 0 Å². The van der Waals surface area contributed by atoms with Crippen LogP contribution in [0.3, 0.4) is 0 Å². The molecule has 0 bridgehead atoms. The molecule has 2 rings (SSSR count). The Hall–Kier alpha value is -1.87. The largest absolute Gasteiger partial charge is 0.244 e. The average molecular weight is 285 g/mol. The van der Waals surface area contributed by atoms with Gasteiger partial charge in [0, 0.05) is 11.9 Å². The van der Waals surface area contributed by atoms with E-state index in [2.05, 4.69) is 10.4 Å². The summed E-state index contributed by atoms with van der Waals surface area (Å²) in [7, 11) is -0.738. The number of hydrogen-bond donors (Lipinski definition) is 0. The summed E-state index contributed by atoms with van der Waals surface area (Å²) in [6.45, 7) is 2.00. The molecule has 0 aromatic heterocycles. The topological polar surface area (TPSA) is 29.4 Å². The lowest BCUT2D eigenvalue weighted by Crippen LogP contribution is -2.07. The molecule has 0 amide bonds. The van der Waals surface area contributed by atoms with Gasteiger partial charge in [-0.25, -0.2) is 8.57 Å². The molecule has 104 valence electrons. The first kappa shape index (κ1) is 14.5. The van der Waals surface area contributed by atoms with Crippen LogP contribution in [0.2, 0.25) is 0 Å². The van der Waals surface area contributed by atoms with Crippen LogP contribution in [0.25, 0.3) is 6.08 Å². The number of rotatable bonds is 4. The van der Waals surface area contributed by atoms with Crippen LogP contribution in [-0.4, -0.2) is 17.0 Å². The second kappa shape index (κ2) is 6.53. The lowest BCUT2D eigenvalue weighted by Gasteiger charge is -2.10. The molecule has 0 heterocycles. The van der Waals surface area contributed by atoms with Gasteiger partial charge in [-0.2, -0.15) is 0 Å². The monoisotopic (exact) mass is 285 g/mol. The normalized spacial score (nSPS) is 14.6. The van der Waals surface area contributed by atoms with Crippen molar-refractivity contribution in [2.75, 3.05) is 12.8 Å². The molecule has 1 atom stereocenters. The third-order valence-corrected chi connectivity index (χ3v) is 5.49. The Morgan fingerprint density at radius 1 is 1.05 bits per heavy atom. The minimum absolute atomic E-state index is 0.461. The van der Waals surface area contributed by atoms with E-state index < -0.39 is 9.73 Å². The van der Waals surface area contributed by atoms with E-state index in [1.165, 1.54) is 0 Å². The minimum atomic E-state index is -2.37. The lowest BCUT2D eigenvalue weighted by molar-refractivity contribution is 0.677. The summed E-state index contributed by atoms with van der Waals surface area (Å²) >= 11 is 0. The van der Waals surface area contributed by atoms with E-state index in [0.717, 1.165) is 16.0 Å². The Kier molecular flexibility index (Phi) is 4.74. The van der Waals surface area contributed by atoms with Gasteiger partial charge in [0.1, 0.15) is 0 Å². The summed E-state index contributed by atoms with van der Waals surface area (Å²) in [6, 6.07) is 19.5. The highest BCUT2D eigenvalue weighted by Gasteiger charge is 2.11. The van der Waals surface area contributed by atoms with Crippen LogP contribution in [0.5, 0.6) is 0 Å². The molecule has 0 fully saturated rings. The fourth-order valence-corrected chi connectivity index (χ4v) is 3.86. The van der Waals surface area contributed by atoms with Crippen LogP contribution in [0.4, 0.5) is 0 Å². The van der Waals surface area contributed by atoms with Crippen molar-refractivity contribution in [3.05, 3.63) is 71.8 Å². The summed E-state index contributed by atoms with van der Waals surface area (Å²) in [5.41, 5.74) is 2.19. The fourth-order valence-electron chi connectivity index (χ4n) is 2.07. The Morgan fingerprint density at radius 2 is 1.60 bits per heavy atom. The highest BCUT2D eigenvalue weighted by molar-refractivity contribution is 7.93. The minimum Gasteiger partial charge on any atom is -0.244 e. The molecule has 20 heavy (non-hydrogen) atoms. The molecule has 0 aliphatic heterocycles. The first-order chi connectivity index (χ1) is 9.64. The van der Waals surface area contributed by atoms with Gasteiger partial charge in [-0.1, -0.05) is 60.2 Å². The molecule has 0 N–H and O–H groups in total. The predicted octanol–water partition coefficient (Wildman–Crippen LogP) is 4.25. The van der Waals surface area contributed by atoms with E-state index in [0.29, 0.717) is 5.75 Å². The van der Waals surface area contributed by atoms with Gasteiger partial charge in [0.2, 0.25) is 0 Å². The highest BCUT2D eigenvalue weighted by atomic mass is 32.2. The van der Waals surface area contributed by atoms with Crippen molar-refractivity contribution in [2.45, 2.75) is 11.8 Å². The van der Waals surface area contributed by atoms with Crippen LogP contribution in [0.1, 0.15) is 12.5 Å². The van der Waals surface area contributed by atoms with Crippen molar-refractivity contribution in [2.24, 2.45) is 4.36 Å². The molecule has 0 aliphatic carbocycles. The predicted molar refractivity (Wildman–Crippen MR) is 86.2 cm³/mol. The Balaban J connectivity index is 2.28. The quantitative estimate of drug-likeness (QED) is 0.826. The maximum atomic E-state index is 12.9. The van der Waals surface area contributed by atoms with Gasteiger partial charge < -0.3 is 0 Å². The molecule has 0 aliphatic rings. The lowest BCUT2D eigenvalue weighted by atomic mass is 10.1. The summed E-state index contributed by atoms with van der Waals surface area (Å²) in [4.78, 5) is 0.795. The highest BCUT2D eigenvalue weighted by Crippen LogP contribution is 2.17. The Morgan fingerprint density at radius 3 is 2.15 bits per heavy atom. The number of benzene rings is 2. The van der Waals surface area contributed by atoms with Crippen LogP contribution in [-0.2, 0) is 9.73 Å². The molecule has 0 spiro atoms. The molecule has 3 heteroatoms. The van der Waals surface area contributed by atoms with Crippen molar-refractivity contribution in [3.63, 3.8) is 0 Å². The zero-order valence-electron chi connectivity index (χ0n) is 11.8. The van der Waals surface area contributed by atoms with E-state index >= 15 is 0 Å². The van der Waals surface area contributed by atoms with Crippen molar-refractivity contribution in [1.82, 2.24) is 0 Å². The number of hydrogen-bond acceptors (Lipinski definition) is 2. The zero-order valence-corrected chi connectivity index (χ0v) is 12.6. The first-order valence-electron chi connectivity index (χ1n) is 6.54. The zero-order chi connectivity index (χ0) is 14.4. The third-order valence-electron chi connectivity index (χ3n) is 3.04. The van der Waals surface area contributed by atoms with Gasteiger partial charge in [-0.05, 0) is 24.6 Å². The van der Waals surface area contributed by atoms with E-state index in [4.69, 9.17) is 0 Å². The fraction of sp³-hybridized carbons (Fsp3) is 0.176. The van der Waals surface area contributed by atoms with E-state index in [-0.39, 0.29) is 0 Å². The summed E-state index contributed by atoms with van der Waals surface area (Å²) in [5, 5.41) is 0. The van der Waals surface area contributed by atoms with Crippen molar-refractivity contribution >= 4 is 15.8 Å². The van der Waals surface area contributed by atoms with Gasteiger partial charge in [0.05, 0.1) is 15.5 Å². The first-order valence-corrected chi connectivity index (χ1v) is 8.23. The van der Waals surface area contributed by atoms with Crippen LogP contribution in [0.15, 0.2) is 75.5 Å². The van der Waals surface area contributed by atoms with Crippen LogP contribution >= 0.6 is 0 Å². The molecule has 2 aromatic carbocycles. The van der Waals surface area contributed by atoms with Gasteiger partial charge in [0.15, 0.2) is 0 Å². The molecule has 0 saturated heterocycles. The van der Waals surface area contributed by atoms with Gasteiger partial charge in [-0.15, -0.1) is 0 Å². The second-order valence-electron chi connectivity index (χ2n) is 4.68. The maximum absolute atomic E-state index is 12.9. The molecule has 0 radical (unpaired) electrons. The SMILES string of the molecule is CN=[S@](=O)(C/C(C)=C/c1ccccc1)c1ccccc1. The Labute approximate surface area is 121 Å². The standard InChI is InChI=1S/C17H19NOS/c1-15(13-16-9-5-3-6-10-16)14-20(19,18-2)17-11-7-4-8-12-17/h3-13H,14H2,1-2H3/b15-13+/t20-/m0/s1. The van der Waals surface area contributed by atoms with Crippen molar-refractivity contribution < 1.29 is 4.21 Å². The molecule has 2 nitrogen and oxygen atoms in total. The van der Waals surface area contributed by atoms with Crippen molar-refractivity contribution in [3.8, 4) is 0 Å². The van der Waals surface area contributed by atoms with E-state index in [1.54, 1.807) is 7.05 Å². The molecule has 0 unspecified atom stereocenters. The van der Waals surface area contributed by atoms with Crippen LogP contribution in [0, 0.1) is 0 Å². The third kappa shape index (κ3) is 3.58. The summed E-state index contributed by atoms with van der Waals surface area (Å²) < 4.78 is 17.1. The molecular formula is C17H19NOS. The summed E-state index contributed by atoms with van der Waals surface area (Å²) in [6.07, 6.45) is 2.06. The average Bonchev–Trinajstić information content (AvgIpc) is 2.49. The van der Waals surface area contributed by atoms with E-state index in [9.17, 15) is 4.21 Å². The Bertz CT molecular complexity index is 696. The number of nitrogens with zero attached hydrogens (tertiary/aromatic N) is 1. The maximum Gasteiger partial charge on any atom is 0.0788 e. The molecular weight excluding hydrogens is 266 g/mol. The van der Waals surface area contributed by atoms with E-state index in [1.807, 2.05) is 67.6 Å².